The highest BCUT2D eigenvalue weighted by molar-refractivity contribution is 7.89. The van der Waals surface area contributed by atoms with E-state index in [2.05, 4.69) is 4.99 Å². The van der Waals surface area contributed by atoms with Crippen LogP contribution in [0, 0.1) is 5.82 Å². The molecule has 2 aromatic carbocycles. The number of benzene rings is 2. The van der Waals surface area contributed by atoms with Crippen molar-refractivity contribution in [3.63, 3.8) is 0 Å². The quantitative estimate of drug-likeness (QED) is 0.502. The summed E-state index contributed by atoms with van der Waals surface area (Å²) in [6.07, 6.45) is 0. The Morgan fingerprint density at radius 3 is 2.52 bits per heavy atom. The molecule has 1 amide bonds. The maximum atomic E-state index is 13.7. The number of carbonyl (C=O) groups excluding carboxylic acids is 2. The minimum absolute atomic E-state index is 0.0686. The zero-order valence-electron chi connectivity index (χ0n) is 17.6. The highest BCUT2D eigenvalue weighted by Gasteiger charge is 2.26. The van der Waals surface area contributed by atoms with Crippen LogP contribution in [0.2, 0.25) is 0 Å². The van der Waals surface area contributed by atoms with Gasteiger partial charge in [-0.1, -0.05) is 11.3 Å². The minimum atomic E-state index is -3.69. The lowest BCUT2D eigenvalue weighted by molar-refractivity contribution is -0.141. The van der Waals surface area contributed by atoms with E-state index in [1.807, 2.05) is 0 Å². The lowest BCUT2D eigenvalue weighted by Crippen LogP contribution is -2.40. The number of ether oxygens (including phenoxy) is 2. The second-order valence-corrected chi connectivity index (χ2v) is 10.1. The Morgan fingerprint density at radius 1 is 1.15 bits per heavy atom. The van der Waals surface area contributed by atoms with Gasteiger partial charge in [-0.3, -0.25) is 9.59 Å². The molecule has 0 radical (unpaired) electrons. The van der Waals surface area contributed by atoms with Gasteiger partial charge in [0.05, 0.1) is 35.4 Å². The molecule has 1 aliphatic heterocycles. The largest absolute Gasteiger partial charge is 0.468 e. The fourth-order valence-electron chi connectivity index (χ4n) is 3.34. The zero-order chi connectivity index (χ0) is 23.6. The summed E-state index contributed by atoms with van der Waals surface area (Å²) in [5.74, 6) is -1.63. The summed E-state index contributed by atoms with van der Waals surface area (Å²) in [5.41, 5.74) is 0.703. The molecular weight excluding hydrogens is 473 g/mol. The third-order valence-corrected chi connectivity index (χ3v) is 8.02. The van der Waals surface area contributed by atoms with Crippen molar-refractivity contribution in [2.24, 2.45) is 4.99 Å². The molecule has 0 bridgehead atoms. The van der Waals surface area contributed by atoms with Gasteiger partial charge in [0.25, 0.3) is 5.91 Å². The first-order valence-electron chi connectivity index (χ1n) is 9.92. The van der Waals surface area contributed by atoms with E-state index in [0.29, 0.717) is 23.4 Å². The van der Waals surface area contributed by atoms with Gasteiger partial charge < -0.3 is 14.0 Å². The Kier molecular flexibility index (Phi) is 6.70. The van der Waals surface area contributed by atoms with Crippen LogP contribution in [0.4, 0.5) is 4.39 Å². The normalized spacial score (nSPS) is 15.6. The topological polar surface area (TPSA) is 107 Å². The van der Waals surface area contributed by atoms with Crippen molar-refractivity contribution in [1.29, 1.82) is 0 Å². The first kappa shape index (κ1) is 23.2. The van der Waals surface area contributed by atoms with Crippen molar-refractivity contribution in [2.45, 2.75) is 11.4 Å². The fourth-order valence-corrected chi connectivity index (χ4v) is 5.80. The van der Waals surface area contributed by atoms with E-state index in [4.69, 9.17) is 9.47 Å². The number of rotatable bonds is 5. The molecule has 33 heavy (non-hydrogen) atoms. The number of thiazole rings is 1. The van der Waals surface area contributed by atoms with Gasteiger partial charge in [0.15, 0.2) is 4.80 Å². The van der Waals surface area contributed by atoms with Crippen LogP contribution in [-0.4, -0.2) is 62.6 Å². The van der Waals surface area contributed by atoms with Crippen molar-refractivity contribution >= 4 is 43.5 Å². The molecule has 174 valence electrons. The lowest BCUT2D eigenvalue weighted by Gasteiger charge is -2.26. The second kappa shape index (κ2) is 9.51. The molecule has 9 nitrogen and oxygen atoms in total. The molecule has 0 N–H and O–H groups in total. The predicted molar refractivity (Wildman–Crippen MR) is 118 cm³/mol. The number of hydrogen-bond donors (Lipinski definition) is 0. The summed E-state index contributed by atoms with van der Waals surface area (Å²) in [6.45, 7) is 1.000. The van der Waals surface area contributed by atoms with Crippen LogP contribution in [0.25, 0.3) is 10.2 Å². The summed E-state index contributed by atoms with van der Waals surface area (Å²) in [5, 5.41) is 0. The fraction of sp³-hybridized carbons (Fsp3) is 0.286. The summed E-state index contributed by atoms with van der Waals surface area (Å²) in [4.78, 5) is 29.0. The molecule has 4 rings (SSSR count). The number of hydrogen-bond acceptors (Lipinski definition) is 7. The third-order valence-electron chi connectivity index (χ3n) is 5.07. The van der Waals surface area contributed by atoms with Gasteiger partial charge in [0.1, 0.15) is 12.4 Å². The van der Waals surface area contributed by atoms with E-state index in [0.717, 1.165) is 11.3 Å². The van der Waals surface area contributed by atoms with Crippen LogP contribution in [0.5, 0.6) is 0 Å². The summed E-state index contributed by atoms with van der Waals surface area (Å²) in [7, 11) is -2.44. The number of carbonyl (C=O) groups is 2. The number of halogens is 1. The number of esters is 1. The Balaban J connectivity index is 1.66. The van der Waals surface area contributed by atoms with Crippen molar-refractivity contribution < 1.29 is 31.9 Å². The highest BCUT2D eigenvalue weighted by Crippen LogP contribution is 2.20. The van der Waals surface area contributed by atoms with Crippen LogP contribution in [-0.2, 0) is 30.8 Å². The van der Waals surface area contributed by atoms with Gasteiger partial charge in [-0.15, -0.1) is 0 Å². The van der Waals surface area contributed by atoms with E-state index in [9.17, 15) is 22.4 Å². The average molecular weight is 494 g/mol. The molecule has 0 atom stereocenters. The lowest BCUT2D eigenvalue weighted by atomic mass is 10.2. The van der Waals surface area contributed by atoms with Crippen molar-refractivity contribution in [2.75, 3.05) is 33.4 Å². The molecule has 1 saturated heterocycles. The molecule has 0 saturated carbocycles. The number of nitrogens with zero attached hydrogens (tertiary/aromatic N) is 3. The Labute approximate surface area is 192 Å². The Bertz CT molecular complexity index is 1370. The predicted octanol–water partition coefficient (Wildman–Crippen LogP) is 1.78. The molecule has 0 spiro atoms. The summed E-state index contributed by atoms with van der Waals surface area (Å²) < 4.78 is 52.4. The van der Waals surface area contributed by atoms with E-state index >= 15 is 0 Å². The summed E-state index contributed by atoms with van der Waals surface area (Å²) in [6, 6.07) is 9.53. The molecule has 1 fully saturated rings. The highest BCUT2D eigenvalue weighted by atomic mass is 32.2. The van der Waals surface area contributed by atoms with Crippen LogP contribution in [0.15, 0.2) is 52.4 Å². The standard InChI is InChI=1S/C21H20FN3O6S2/c1-30-19(26)13-25-17-7-4-15(22)12-18(17)32-21(25)23-20(27)14-2-5-16(6-3-14)33(28,29)24-8-10-31-11-9-24/h2-7,12H,8-11,13H2,1H3. The van der Waals surface area contributed by atoms with E-state index in [1.54, 1.807) is 0 Å². The van der Waals surface area contributed by atoms with Crippen LogP contribution in [0.1, 0.15) is 10.4 Å². The Morgan fingerprint density at radius 2 is 1.85 bits per heavy atom. The van der Waals surface area contributed by atoms with Gasteiger partial charge in [-0.25, -0.2) is 12.8 Å². The number of sulfonamides is 1. The second-order valence-electron chi connectivity index (χ2n) is 7.12. The van der Waals surface area contributed by atoms with Gasteiger partial charge in [0.2, 0.25) is 10.0 Å². The maximum absolute atomic E-state index is 13.7. The first-order chi connectivity index (χ1) is 15.8. The molecular formula is C21H20FN3O6S2. The van der Waals surface area contributed by atoms with Crippen LogP contribution >= 0.6 is 11.3 Å². The van der Waals surface area contributed by atoms with Gasteiger partial charge in [-0.2, -0.15) is 9.30 Å². The van der Waals surface area contributed by atoms with E-state index in [-0.39, 0.29) is 34.9 Å². The van der Waals surface area contributed by atoms with Gasteiger partial charge in [-0.05, 0) is 42.5 Å². The van der Waals surface area contributed by atoms with Crippen molar-refractivity contribution in [1.82, 2.24) is 8.87 Å². The molecule has 0 unspecified atom stereocenters. The average Bonchev–Trinajstić information content (AvgIpc) is 3.15. The van der Waals surface area contributed by atoms with Gasteiger partial charge >= 0.3 is 5.97 Å². The number of morpholine rings is 1. The smallest absolute Gasteiger partial charge is 0.325 e. The number of amides is 1. The third kappa shape index (κ3) is 4.88. The van der Waals surface area contributed by atoms with Crippen molar-refractivity contribution in [3.05, 3.63) is 58.6 Å². The first-order valence-corrected chi connectivity index (χ1v) is 12.2. The summed E-state index contributed by atoms with van der Waals surface area (Å²) >= 11 is 1.05. The number of methoxy groups -OCH3 is 1. The monoisotopic (exact) mass is 493 g/mol. The van der Waals surface area contributed by atoms with Crippen molar-refractivity contribution in [3.8, 4) is 0 Å². The minimum Gasteiger partial charge on any atom is -0.468 e. The molecule has 0 aliphatic carbocycles. The number of fused-ring (bicyclic) bond motifs is 1. The number of aromatic nitrogens is 1. The molecule has 1 aromatic heterocycles. The molecule has 3 aromatic rings. The SMILES string of the molecule is COC(=O)Cn1c(=NC(=O)c2ccc(S(=O)(=O)N3CCOCC3)cc2)sc2cc(F)ccc21. The zero-order valence-corrected chi connectivity index (χ0v) is 19.2. The van der Waals surface area contributed by atoms with E-state index in [1.165, 1.54) is 58.4 Å². The maximum Gasteiger partial charge on any atom is 0.325 e. The van der Waals surface area contributed by atoms with Crippen LogP contribution < -0.4 is 4.80 Å². The Hall–Kier alpha value is -2.93. The van der Waals surface area contributed by atoms with Crippen LogP contribution in [0.3, 0.4) is 0 Å². The molecule has 12 heteroatoms. The molecule has 1 aliphatic rings. The van der Waals surface area contributed by atoms with Gasteiger partial charge in [0, 0.05) is 18.7 Å². The van der Waals surface area contributed by atoms with E-state index < -0.39 is 27.7 Å². The molecule has 2 heterocycles.